The fourth-order valence-electron chi connectivity index (χ4n) is 3.62. The molecule has 1 aliphatic carbocycles. The van der Waals surface area contributed by atoms with Crippen molar-refractivity contribution in [3.63, 3.8) is 0 Å². The molecule has 1 nitrogen and oxygen atoms in total. The zero-order valence-electron chi connectivity index (χ0n) is 10.4. The van der Waals surface area contributed by atoms with Crippen LogP contribution in [0.3, 0.4) is 0 Å². The lowest BCUT2D eigenvalue weighted by atomic mass is 9.60. The normalized spacial score (nSPS) is 38.9. The molecular formula is C15H21N. The third-order valence-corrected chi connectivity index (χ3v) is 5.13. The van der Waals surface area contributed by atoms with Crippen molar-refractivity contribution in [3.05, 3.63) is 35.9 Å². The van der Waals surface area contributed by atoms with Crippen molar-refractivity contribution in [2.75, 3.05) is 13.6 Å². The van der Waals surface area contributed by atoms with Crippen molar-refractivity contribution >= 4 is 0 Å². The van der Waals surface area contributed by atoms with Gasteiger partial charge in [0.2, 0.25) is 0 Å². The lowest BCUT2D eigenvalue weighted by Crippen LogP contribution is -2.60. The zero-order valence-corrected chi connectivity index (χ0v) is 10.4. The Labute approximate surface area is 98.5 Å². The number of hydrogen-bond acceptors (Lipinski definition) is 1. The average Bonchev–Trinajstić information content (AvgIpc) is 2.33. The summed E-state index contributed by atoms with van der Waals surface area (Å²) in [6, 6.07) is 11.1. The van der Waals surface area contributed by atoms with Gasteiger partial charge in [0.1, 0.15) is 0 Å². The fraction of sp³-hybridized carbons (Fsp3) is 0.600. The summed E-state index contributed by atoms with van der Waals surface area (Å²) >= 11 is 0. The Kier molecular flexibility index (Phi) is 2.16. The van der Waals surface area contributed by atoms with E-state index in [0.29, 0.717) is 11.0 Å². The predicted molar refractivity (Wildman–Crippen MR) is 67.6 cm³/mol. The molecule has 1 aromatic rings. The molecule has 1 heteroatoms. The Morgan fingerprint density at radius 1 is 1.00 bits per heavy atom. The van der Waals surface area contributed by atoms with Crippen molar-refractivity contribution in [1.82, 2.24) is 4.90 Å². The first-order valence-electron chi connectivity index (χ1n) is 6.42. The molecule has 0 radical (unpaired) electrons. The van der Waals surface area contributed by atoms with E-state index >= 15 is 0 Å². The van der Waals surface area contributed by atoms with E-state index in [2.05, 4.69) is 49.2 Å². The maximum atomic E-state index is 2.59. The summed E-state index contributed by atoms with van der Waals surface area (Å²) in [5, 5.41) is 0. The van der Waals surface area contributed by atoms with Gasteiger partial charge in [-0.2, -0.15) is 0 Å². The minimum Gasteiger partial charge on any atom is -0.300 e. The maximum Gasteiger partial charge on any atom is 0.0179 e. The van der Waals surface area contributed by atoms with E-state index in [1.807, 2.05) is 0 Å². The first-order chi connectivity index (χ1) is 7.65. The SMILES string of the molecule is CN1CC2(c3ccccc3)CCC1(C)CC2. The molecule has 3 aliphatic rings. The summed E-state index contributed by atoms with van der Waals surface area (Å²) in [6.07, 6.45) is 5.46. The van der Waals surface area contributed by atoms with Crippen molar-refractivity contribution < 1.29 is 0 Å². The van der Waals surface area contributed by atoms with Gasteiger partial charge in [-0.05, 0) is 45.2 Å². The summed E-state index contributed by atoms with van der Waals surface area (Å²) in [5.74, 6) is 0. The third kappa shape index (κ3) is 1.34. The van der Waals surface area contributed by atoms with Crippen LogP contribution in [0.4, 0.5) is 0 Å². The minimum absolute atomic E-state index is 0.452. The Morgan fingerprint density at radius 3 is 2.19 bits per heavy atom. The number of piperidine rings is 2. The van der Waals surface area contributed by atoms with Gasteiger partial charge in [0.15, 0.2) is 0 Å². The molecule has 86 valence electrons. The monoisotopic (exact) mass is 215 g/mol. The van der Waals surface area contributed by atoms with Gasteiger partial charge in [-0.3, -0.25) is 0 Å². The minimum atomic E-state index is 0.452. The fourth-order valence-corrected chi connectivity index (χ4v) is 3.62. The zero-order chi connectivity index (χ0) is 11.2. The second-order valence-electron chi connectivity index (χ2n) is 6.00. The molecule has 0 atom stereocenters. The lowest BCUT2D eigenvalue weighted by molar-refractivity contribution is -0.0221. The number of rotatable bonds is 1. The Balaban J connectivity index is 1.97. The van der Waals surface area contributed by atoms with Crippen molar-refractivity contribution in [2.45, 2.75) is 43.6 Å². The van der Waals surface area contributed by atoms with Crippen LogP contribution >= 0.6 is 0 Å². The van der Waals surface area contributed by atoms with E-state index in [1.54, 1.807) is 5.56 Å². The van der Waals surface area contributed by atoms with Crippen molar-refractivity contribution in [3.8, 4) is 0 Å². The first kappa shape index (κ1) is 10.3. The van der Waals surface area contributed by atoms with Gasteiger partial charge in [0, 0.05) is 17.5 Å². The molecule has 16 heavy (non-hydrogen) atoms. The van der Waals surface area contributed by atoms with Gasteiger partial charge in [0.05, 0.1) is 0 Å². The lowest BCUT2D eigenvalue weighted by Gasteiger charge is -2.58. The smallest absolute Gasteiger partial charge is 0.0179 e. The number of fused-ring (bicyclic) bond motifs is 3. The van der Waals surface area contributed by atoms with Crippen molar-refractivity contribution in [1.29, 1.82) is 0 Å². The number of hydrogen-bond donors (Lipinski definition) is 0. The number of nitrogens with zero attached hydrogens (tertiary/aromatic N) is 1. The molecule has 2 saturated heterocycles. The molecule has 0 aromatic heterocycles. The summed E-state index contributed by atoms with van der Waals surface area (Å²) < 4.78 is 0. The molecule has 2 aliphatic heterocycles. The average molecular weight is 215 g/mol. The van der Waals surface area contributed by atoms with Crippen LogP contribution < -0.4 is 0 Å². The highest BCUT2D eigenvalue weighted by molar-refractivity contribution is 5.29. The summed E-state index contributed by atoms with van der Waals surface area (Å²) in [6.45, 7) is 3.68. The van der Waals surface area contributed by atoms with Crippen LogP contribution in [0.5, 0.6) is 0 Å². The molecule has 2 heterocycles. The molecule has 1 aromatic carbocycles. The van der Waals surface area contributed by atoms with E-state index in [9.17, 15) is 0 Å². The van der Waals surface area contributed by atoms with Crippen LogP contribution in [0.2, 0.25) is 0 Å². The highest BCUT2D eigenvalue weighted by Crippen LogP contribution is 2.50. The number of likely N-dealkylation sites (N-methyl/N-ethyl adjacent to an activating group) is 1. The van der Waals surface area contributed by atoms with E-state index in [0.717, 1.165) is 0 Å². The van der Waals surface area contributed by atoms with Gasteiger partial charge in [-0.15, -0.1) is 0 Å². The van der Waals surface area contributed by atoms with Gasteiger partial charge in [-0.1, -0.05) is 30.3 Å². The Hall–Kier alpha value is -0.820. The third-order valence-electron chi connectivity index (χ3n) is 5.13. The van der Waals surface area contributed by atoms with Gasteiger partial charge < -0.3 is 4.90 Å². The van der Waals surface area contributed by atoms with E-state index in [1.165, 1.54) is 32.2 Å². The molecule has 0 unspecified atom stereocenters. The molecule has 0 amide bonds. The van der Waals surface area contributed by atoms with Crippen LogP contribution in [-0.4, -0.2) is 24.0 Å². The molecule has 3 fully saturated rings. The van der Waals surface area contributed by atoms with Crippen LogP contribution in [0.1, 0.15) is 38.2 Å². The Bertz CT molecular complexity index is 374. The second-order valence-corrected chi connectivity index (χ2v) is 6.00. The quantitative estimate of drug-likeness (QED) is 0.695. The van der Waals surface area contributed by atoms with Crippen molar-refractivity contribution in [2.24, 2.45) is 0 Å². The van der Waals surface area contributed by atoms with E-state index in [4.69, 9.17) is 0 Å². The first-order valence-corrected chi connectivity index (χ1v) is 6.42. The number of benzene rings is 1. The van der Waals surface area contributed by atoms with Gasteiger partial charge >= 0.3 is 0 Å². The largest absolute Gasteiger partial charge is 0.300 e. The van der Waals surface area contributed by atoms with E-state index in [-0.39, 0.29) is 0 Å². The van der Waals surface area contributed by atoms with Crippen LogP contribution in [0.25, 0.3) is 0 Å². The predicted octanol–water partition coefficient (Wildman–Crippen LogP) is 3.20. The molecular weight excluding hydrogens is 194 g/mol. The molecule has 0 N–H and O–H groups in total. The summed E-state index contributed by atoms with van der Waals surface area (Å²) in [5.41, 5.74) is 2.49. The topological polar surface area (TPSA) is 3.24 Å². The molecule has 1 saturated carbocycles. The maximum absolute atomic E-state index is 2.59. The Morgan fingerprint density at radius 2 is 1.62 bits per heavy atom. The standard InChI is InChI=1S/C15H21N/c1-14-8-10-15(11-9-14,12-16(14)2)13-6-4-3-5-7-13/h3-7H,8-12H2,1-2H3. The molecule has 4 rings (SSSR count). The van der Waals surface area contributed by atoms with Crippen LogP contribution in [0.15, 0.2) is 30.3 Å². The van der Waals surface area contributed by atoms with Crippen LogP contribution in [0, 0.1) is 0 Å². The highest BCUT2D eigenvalue weighted by atomic mass is 15.2. The second kappa shape index (κ2) is 3.33. The summed E-state index contributed by atoms with van der Waals surface area (Å²) in [4.78, 5) is 2.59. The van der Waals surface area contributed by atoms with Gasteiger partial charge in [0.25, 0.3) is 0 Å². The van der Waals surface area contributed by atoms with Crippen LogP contribution in [-0.2, 0) is 5.41 Å². The van der Waals surface area contributed by atoms with E-state index < -0.39 is 0 Å². The summed E-state index contributed by atoms with van der Waals surface area (Å²) in [7, 11) is 2.30. The molecule has 0 spiro atoms. The highest BCUT2D eigenvalue weighted by Gasteiger charge is 2.49. The molecule has 2 bridgehead atoms. The van der Waals surface area contributed by atoms with Gasteiger partial charge in [-0.25, -0.2) is 0 Å².